The molecule has 2 unspecified atom stereocenters. The van der Waals surface area contributed by atoms with Crippen LogP contribution in [0.3, 0.4) is 0 Å². The maximum Gasteiger partial charge on any atom is 0.407 e. The van der Waals surface area contributed by atoms with E-state index in [2.05, 4.69) is 5.32 Å². The second-order valence-corrected chi connectivity index (χ2v) is 5.68. The van der Waals surface area contributed by atoms with Crippen LogP contribution in [0.4, 0.5) is 4.79 Å². The molecule has 0 aliphatic carbocycles. The van der Waals surface area contributed by atoms with E-state index in [1.165, 1.54) is 0 Å². The van der Waals surface area contributed by atoms with E-state index in [-0.39, 0.29) is 13.2 Å². The second-order valence-electron chi connectivity index (χ2n) is 5.68. The summed E-state index contributed by atoms with van der Waals surface area (Å²) < 4.78 is 10.2. The van der Waals surface area contributed by atoms with Gasteiger partial charge in [0.05, 0.1) is 7.11 Å². The van der Waals surface area contributed by atoms with Crippen LogP contribution in [-0.4, -0.2) is 36.1 Å². The molecule has 0 heterocycles. The zero-order valence-electron chi connectivity index (χ0n) is 14.3. The van der Waals surface area contributed by atoms with E-state index in [0.29, 0.717) is 11.3 Å². The number of alkyl carbamates (subject to hydrolysis) is 1. The van der Waals surface area contributed by atoms with Crippen LogP contribution in [0.1, 0.15) is 22.8 Å². The second kappa shape index (κ2) is 9.05. The third-order valence-corrected chi connectivity index (χ3v) is 3.79. The number of hydrogen-bond donors (Lipinski definition) is 3. The fourth-order valence-electron chi connectivity index (χ4n) is 2.38. The van der Waals surface area contributed by atoms with Crippen molar-refractivity contribution in [3.05, 3.63) is 65.2 Å². The lowest BCUT2D eigenvalue weighted by atomic mass is 10.0. The Labute approximate surface area is 147 Å². The Hall–Kier alpha value is -2.57. The molecule has 2 atom stereocenters. The van der Waals surface area contributed by atoms with Gasteiger partial charge in [-0.25, -0.2) is 4.79 Å². The molecule has 134 valence electrons. The molecule has 0 aromatic heterocycles. The van der Waals surface area contributed by atoms with Crippen molar-refractivity contribution in [2.24, 2.45) is 0 Å². The summed E-state index contributed by atoms with van der Waals surface area (Å²) in [7, 11) is 1.57. The SMILES string of the molecule is COc1ccc(C(O)C(O)CNC(=O)OCc2ccccc2)cc1C. The number of aryl methyl sites for hydroxylation is 1. The normalized spacial score (nSPS) is 13.0. The highest BCUT2D eigenvalue weighted by Crippen LogP contribution is 2.24. The Morgan fingerprint density at radius 2 is 1.88 bits per heavy atom. The van der Waals surface area contributed by atoms with Crippen LogP contribution in [-0.2, 0) is 11.3 Å². The van der Waals surface area contributed by atoms with Crippen molar-refractivity contribution in [3.63, 3.8) is 0 Å². The molecule has 0 bridgehead atoms. The zero-order valence-corrected chi connectivity index (χ0v) is 14.3. The maximum absolute atomic E-state index is 11.7. The summed E-state index contributed by atoms with van der Waals surface area (Å²) in [6, 6.07) is 14.4. The lowest BCUT2D eigenvalue weighted by Crippen LogP contribution is -2.35. The van der Waals surface area contributed by atoms with Gasteiger partial charge in [-0.15, -0.1) is 0 Å². The van der Waals surface area contributed by atoms with Gasteiger partial charge in [0, 0.05) is 6.54 Å². The highest BCUT2D eigenvalue weighted by Gasteiger charge is 2.20. The molecule has 6 heteroatoms. The number of methoxy groups -OCH3 is 1. The minimum absolute atomic E-state index is 0.125. The fraction of sp³-hybridized carbons (Fsp3) is 0.316. The van der Waals surface area contributed by atoms with Crippen molar-refractivity contribution in [2.75, 3.05) is 13.7 Å². The Balaban J connectivity index is 1.81. The summed E-state index contributed by atoms with van der Waals surface area (Å²) in [6.45, 7) is 1.86. The van der Waals surface area contributed by atoms with E-state index in [1.54, 1.807) is 25.3 Å². The van der Waals surface area contributed by atoms with Crippen LogP contribution in [0.25, 0.3) is 0 Å². The van der Waals surface area contributed by atoms with E-state index in [1.807, 2.05) is 37.3 Å². The fourth-order valence-corrected chi connectivity index (χ4v) is 2.38. The molecule has 0 aliphatic rings. The molecule has 2 aromatic carbocycles. The average molecular weight is 345 g/mol. The molecule has 0 saturated carbocycles. The first kappa shape index (κ1) is 18.8. The van der Waals surface area contributed by atoms with Gasteiger partial charge in [-0.1, -0.05) is 36.4 Å². The van der Waals surface area contributed by atoms with E-state index in [9.17, 15) is 15.0 Å². The van der Waals surface area contributed by atoms with Gasteiger partial charge in [0.25, 0.3) is 0 Å². The number of amides is 1. The molecule has 6 nitrogen and oxygen atoms in total. The zero-order chi connectivity index (χ0) is 18.2. The van der Waals surface area contributed by atoms with Crippen LogP contribution in [0.2, 0.25) is 0 Å². The monoisotopic (exact) mass is 345 g/mol. The number of ether oxygens (including phenoxy) is 2. The van der Waals surface area contributed by atoms with Gasteiger partial charge in [0.2, 0.25) is 0 Å². The Bertz CT molecular complexity index is 689. The molecule has 0 fully saturated rings. The Kier molecular flexibility index (Phi) is 6.80. The molecule has 0 radical (unpaired) electrons. The predicted molar refractivity (Wildman–Crippen MR) is 93.3 cm³/mol. The average Bonchev–Trinajstić information content (AvgIpc) is 2.64. The maximum atomic E-state index is 11.7. The smallest absolute Gasteiger partial charge is 0.407 e. The summed E-state index contributed by atoms with van der Waals surface area (Å²) in [5, 5.41) is 22.7. The molecule has 0 spiro atoms. The standard InChI is InChI=1S/C19H23NO5/c1-13-10-15(8-9-17(13)24-2)18(22)16(21)11-20-19(23)25-12-14-6-4-3-5-7-14/h3-10,16,18,21-22H,11-12H2,1-2H3,(H,20,23). The molecule has 2 rings (SSSR count). The van der Waals surface area contributed by atoms with E-state index in [4.69, 9.17) is 9.47 Å². The van der Waals surface area contributed by atoms with Gasteiger partial charge in [0.15, 0.2) is 0 Å². The summed E-state index contributed by atoms with van der Waals surface area (Å²) in [5.74, 6) is 0.702. The minimum Gasteiger partial charge on any atom is -0.496 e. The van der Waals surface area contributed by atoms with E-state index < -0.39 is 18.3 Å². The number of aliphatic hydroxyl groups excluding tert-OH is 2. The Morgan fingerprint density at radius 1 is 1.16 bits per heavy atom. The van der Waals surface area contributed by atoms with Crippen molar-refractivity contribution in [2.45, 2.75) is 25.7 Å². The van der Waals surface area contributed by atoms with E-state index in [0.717, 1.165) is 11.1 Å². The first-order valence-electron chi connectivity index (χ1n) is 7.96. The number of carbonyl (C=O) groups is 1. The van der Waals surface area contributed by atoms with Gasteiger partial charge >= 0.3 is 6.09 Å². The van der Waals surface area contributed by atoms with Crippen molar-refractivity contribution in [1.82, 2.24) is 5.32 Å². The highest BCUT2D eigenvalue weighted by atomic mass is 16.5. The molecule has 0 saturated heterocycles. The molecular weight excluding hydrogens is 322 g/mol. The topological polar surface area (TPSA) is 88.0 Å². The summed E-state index contributed by atoms with van der Waals surface area (Å²) >= 11 is 0. The first-order chi connectivity index (χ1) is 12.0. The number of benzene rings is 2. The van der Waals surface area contributed by atoms with Gasteiger partial charge in [-0.3, -0.25) is 0 Å². The van der Waals surface area contributed by atoms with Crippen LogP contribution in [0, 0.1) is 6.92 Å². The molecule has 0 aliphatic heterocycles. The highest BCUT2D eigenvalue weighted by molar-refractivity contribution is 5.67. The van der Waals surface area contributed by atoms with Crippen LogP contribution < -0.4 is 10.1 Å². The third-order valence-electron chi connectivity index (χ3n) is 3.79. The first-order valence-corrected chi connectivity index (χ1v) is 7.96. The van der Waals surface area contributed by atoms with Gasteiger partial charge in [-0.2, -0.15) is 0 Å². The van der Waals surface area contributed by atoms with Gasteiger partial charge < -0.3 is 25.0 Å². The molecule has 2 aromatic rings. The number of rotatable bonds is 7. The summed E-state index contributed by atoms with van der Waals surface area (Å²) in [6.07, 6.45) is -2.93. The predicted octanol–water partition coefficient (Wildman–Crippen LogP) is 2.32. The summed E-state index contributed by atoms with van der Waals surface area (Å²) in [4.78, 5) is 11.7. The third kappa shape index (κ3) is 5.48. The molecule has 25 heavy (non-hydrogen) atoms. The lowest BCUT2D eigenvalue weighted by molar-refractivity contribution is 0.0183. The van der Waals surface area contributed by atoms with Crippen LogP contribution in [0.15, 0.2) is 48.5 Å². The largest absolute Gasteiger partial charge is 0.496 e. The van der Waals surface area contributed by atoms with Crippen molar-refractivity contribution < 1.29 is 24.5 Å². The van der Waals surface area contributed by atoms with Gasteiger partial charge in [-0.05, 0) is 35.7 Å². The molecule has 1 amide bonds. The van der Waals surface area contributed by atoms with Crippen molar-refractivity contribution in [1.29, 1.82) is 0 Å². The number of hydrogen-bond acceptors (Lipinski definition) is 5. The lowest BCUT2D eigenvalue weighted by Gasteiger charge is -2.19. The van der Waals surface area contributed by atoms with Crippen LogP contribution in [0.5, 0.6) is 5.75 Å². The van der Waals surface area contributed by atoms with Crippen LogP contribution >= 0.6 is 0 Å². The summed E-state index contributed by atoms with van der Waals surface area (Å²) in [5.41, 5.74) is 2.26. The number of nitrogens with one attached hydrogen (secondary N) is 1. The Morgan fingerprint density at radius 3 is 2.52 bits per heavy atom. The quantitative estimate of drug-likeness (QED) is 0.717. The number of carbonyl (C=O) groups excluding carboxylic acids is 1. The number of aliphatic hydroxyl groups is 2. The molecule has 3 N–H and O–H groups in total. The minimum atomic E-state index is -1.16. The van der Waals surface area contributed by atoms with Crippen molar-refractivity contribution >= 4 is 6.09 Å². The molecular formula is C19H23NO5. The van der Waals surface area contributed by atoms with Crippen molar-refractivity contribution in [3.8, 4) is 5.75 Å². The van der Waals surface area contributed by atoms with Gasteiger partial charge in [0.1, 0.15) is 24.6 Å². The van der Waals surface area contributed by atoms with E-state index >= 15 is 0 Å².